The van der Waals surface area contributed by atoms with E-state index in [2.05, 4.69) is 10.3 Å². The molecule has 1 aliphatic rings. The lowest BCUT2D eigenvalue weighted by molar-refractivity contribution is 0.102. The second-order valence-corrected chi connectivity index (χ2v) is 8.25. The normalized spacial score (nSPS) is 15.2. The van der Waals surface area contributed by atoms with Crippen molar-refractivity contribution in [1.82, 2.24) is 9.29 Å². The fraction of sp³-hybridized carbons (Fsp3) is 0.389. The molecule has 2 N–H and O–H groups in total. The molecule has 1 amide bonds. The Balaban J connectivity index is 1.88. The first-order valence-electron chi connectivity index (χ1n) is 8.49. The predicted molar refractivity (Wildman–Crippen MR) is 99.2 cm³/mol. The van der Waals surface area contributed by atoms with Gasteiger partial charge in [0.05, 0.1) is 7.11 Å². The van der Waals surface area contributed by atoms with Crippen LogP contribution >= 0.6 is 0 Å². The molecule has 140 valence electrons. The number of amides is 1. The van der Waals surface area contributed by atoms with Gasteiger partial charge in [-0.2, -0.15) is 4.31 Å². The van der Waals surface area contributed by atoms with Gasteiger partial charge in [0.15, 0.2) is 0 Å². The topological polar surface area (TPSA) is 91.5 Å². The number of nitrogens with one attached hydrogen (secondary N) is 2. The van der Waals surface area contributed by atoms with E-state index in [0.29, 0.717) is 35.8 Å². The third-order valence-corrected chi connectivity index (χ3v) is 6.78. The summed E-state index contributed by atoms with van der Waals surface area (Å²) in [5.41, 5.74) is 1.79. The van der Waals surface area contributed by atoms with Crippen molar-refractivity contribution in [3.05, 3.63) is 41.2 Å². The van der Waals surface area contributed by atoms with E-state index in [1.165, 1.54) is 4.31 Å². The number of aromatic nitrogens is 1. The molecule has 2 aromatic rings. The third kappa shape index (κ3) is 3.34. The Morgan fingerprint density at radius 3 is 2.35 bits per heavy atom. The van der Waals surface area contributed by atoms with Crippen LogP contribution in [-0.4, -0.2) is 43.8 Å². The standard InChI is InChI=1S/C18H23N3O4S/c1-12-16(18(22)20-14-6-8-15(25-3)9-7-14)19-13(2)17(12)26(23,24)21-10-4-5-11-21/h6-9,19H,4-5,10-11H2,1-3H3,(H,20,22). The van der Waals surface area contributed by atoms with Crippen LogP contribution in [0.4, 0.5) is 5.69 Å². The Morgan fingerprint density at radius 2 is 1.77 bits per heavy atom. The van der Waals surface area contributed by atoms with Crippen LogP contribution in [-0.2, 0) is 10.0 Å². The zero-order chi connectivity index (χ0) is 18.9. The SMILES string of the molecule is COc1ccc(NC(=O)c2[nH]c(C)c(S(=O)(=O)N3CCCC3)c2C)cc1. The number of sulfonamides is 1. The van der Waals surface area contributed by atoms with Gasteiger partial charge in [0, 0.05) is 24.5 Å². The quantitative estimate of drug-likeness (QED) is 0.838. The lowest BCUT2D eigenvalue weighted by Gasteiger charge is -2.16. The second kappa shape index (κ2) is 7.13. The monoisotopic (exact) mass is 377 g/mol. The number of aryl methyl sites for hydroxylation is 1. The number of aromatic amines is 1. The zero-order valence-electron chi connectivity index (χ0n) is 15.1. The highest BCUT2D eigenvalue weighted by atomic mass is 32.2. The summed E-state index contributed by atoms with van der Waals surface area (Å²) in [5.74, 6) is 0.313. The molecule has 1 aliphatic heterocycles. The van der Waals surface area contributed by atoms with Crippen LogP contribution in [0.1, 0.15) is 34.6 Å². The molecule has 1 saturated heterocycles. The number of rotatable bonds is 5. The molecule has 0 aliphatic carbocycles. The van der Waals surface area contributed by atoms with Crippen LogP contribution in [0, 0.1) is 13.8 Å². The van der Waals surface area contributed by atoms with E-state index in [1.54, 1.807) is 45.2 Å². The summed E-state index contributed by atoms with van der Waals surface area (Å²) in [5, 5.41) is 2.78. The van der Waals surface area contributed by atoms with Gasteiger partial charge in [-0.05, 0) is 56.5 Å². The number of carbonyl (C=O) groups excluding carboxylic acids is 1. The number of hydrogen-bond donors (Lipinski definition) is 2. The Labute approximate surface area is 153 Å². The zero-order valence-corrected chi connectivity index (χ0v) is 15.9. The lowest BCUT2D eigenvalue weighted by Crippen LogP contribution is -2.28. The van der Waals surface area contributed by atoms with Crippen LogP contribution in [0.5, 0.6) is 5.75 Å². The number of H-pyrrole nitrogens is 1. The fourth-order valence-electron chi connectivity index (χ4n) is 3.27. The maximum atomic E-state index is 12.9. The Kier molecular flexibility index (Phi) is 5.06. The largest absolute Gasteiger partial charge is 0.497 e. The first kappa shape index (κ1) is 18.5. The molecule has 0 saturated carbocycles. The minimum Gasteiger partial charge on any atom is -0.497 e. The fourth-order valence-corrected chi connectivity index (χ4v) is 5.20. The van der Waals surface area contributed by atoms with Crippen molar-refractivity contribution in [2.75, 3.05) is 25.5 Å². The number of ether oxygens (including phenoxy) is 1. The number of anilines is 1. The summed E-state index contributed by atoms with van der Waals surface area (Å²) in [6.07, 6.45) is 1.74. The molecule has 8 heteroatoms. The predicted octanol–water partition coefficient (Wildman–Crippen LogP) is 2.68. The van der Waals surface area contributed by atoms with Crippen LogP contribution in [0.25, 0.3) is 0 Å². The van der Waals surface area contributed by atoms with Gasteiger partial charge >= 0.3 is 0 Å². The molecule has 0 spiro atoms. The van der Waals surface area contributed by atoms with Gasteiger partial charge in [-0.15, -0.1) is 0 Å². The highest BCUT2D eigenvalue weighted by molar-refractivity contribution is 7.89. The molecule has 1 aromatic carbocycles. The number of hydrogen-bond acceptors (Lipinski definition) is 4. The Bertz CT molecular complexity index is 911. The lowest BCUT2D eigenvalue weighted by atomic mass is 10.2. The molecule has 0 bridgehead atoms. The minimum absolute atomic E-state index is 0.208. The molecule has 0 unspecified atom stereocenters. The molecule has 7 nitrogen and oxygen atoms in total. The Morgan fingerprint density at radius 1 is 1.15 bits per heavy atom. The van der Waals surface area contributed by atoms with Crippen LogP contribution in [0.15, 0.2) is 29.2 Å². The summed E-state index contributed by atoms with van der Waals surface area (Å²) in [7, 11) is -2.02. The number of benzene rings is 1. The van der Waals surface area contributed by atoms with E-state index in [0.717, 1.165) is 12.8 Å². The summed E-state index contributed by atoms with van der Waals surface area (Å²) >= 11 is 0. The maximum Gasteiger partial charge on any atom is 0.272 e. The summed E-state index contributed by atoms with van der Waals surface area (Å²) in [6.45, 7) is 4.40. The van der Waals surface area contributed by atoms with Crippen LogP contribution < -0.4 is 10.1 Å². The molecular formula is C18H23N3O4S. The van der Waals surface area contributed by atoms with Gasteiger partial charge in [-0.25, -0.2) is 8.42 Å². The minimum atomic E-state index is -3.59. The molecule has 0 radical (unpaired) electrons. The van der Waals surface area contributed by atoms with Crippen molar-refractivity contribution in [1.29, 1.82) is 0 Å². The van der Waals surface area contributed by atoms with E-state index in [1.807, 2.05) is 0 Å². The first-order valence-corrected chi connectivity index (χ1v) is 9.93. The molecule has 26 heavy (non-hydrogen) atoms. The van der Waals surface area contributed by atoms with E-state index < -0.39 is 10.0 Å². The highest BCUT2D eigenvalue weighted by Crippen LogP contribution is 2.29. The number of carbonyl (C=O) groups is 1. The van der Waals surface area contributed by atoms with E-state index in [9.17, 15) is 13.2 Å². The highest BCUT2D eigenvalue weighted by Gasteiger charge is 2.33. The van der Waals surface area contributed by atoms with Gasteiger partial charge in [0.1, 0.15) is 16.3 Å². The van der Waals surface area contributed by atoms with E-state index in [-0.39, 0.29) is 16.5 Å². The summed E-state index contributed by atoms with van der Waals surface area (Å²) in [4.78, 5) is 15.8. The van der Waals surface area contributed by atoms with Gasteiger partial charge in [-0.1, -0.05) is 0 Å². The van der Waals surface area contributed by atoms with Crippen molar-refractivity contribution in [2.45, 2.75) is 31.6 Å². The smallest absolute Gasteiger partial charge is 0.272 e. The molecule has 1 aromatic heterocycles. The Hall–Kier alpha value is -2.32. The number of nitrogens with zero attached hydrogens (tertiary/aromatic N) is 1. The van der Waals surface area contributed by atoms with Crippen LogP contribution in [0.3, 0.4) is 0 Å². The molecule has 2 heterocycles. The average Bonchev–Trinajstić information content (AvgIpc) is 3.24. The van der Waals surface area contributed by atoms with Gasteiger partial charge < -0.3 is 15.0 Å². The summed E-state index contributed by atoms with van der Waals surface area (Å²) < 4.78 is 32.4. The van der Waals surface area contributed by atoms with Crippen molar-refractivity contribution in [2.24, 2.45) is 0 Å². The third-order valence-electron chi connectivity index (χ3n) is 4.61. The molecule has 1 fully saturated rings. The average molecular weight is 377 g/mol. The first-order chi connectivity index (χ1) is 12.3. The van der Waals surface area contributed by atoms with E-state index >= 15 is 0 Å². The molecule has 3 rings (SSSR count). The van der Waals surface area contributed by atoms with Crippen molar-refractivity contribution in [3.8, 4) is 5.75 Å². The van der Waals surface area contributed by atoms with Crippen LogP contribution in [0.2, 0.25) is 0 Å². The molecular weight excluding hydrogens is 354 g/mol. The van der Waals surface area contributed by atoms with Crippen molar-refractivity contribution in [3.63, 3.8) is 0 Å². The van der Waals surface area contributed by atoms with Gasteiger partial charge in [0.25, 0.3) is 5.91 Å². The van der Waals surface area contributed by atoms with Crippen molar-refractivity contribution < 1.29 is 17.9 Å². The van der Waals surface area contributed by atoms with Gasteiger partial charge in [-0.3, -0.25) is 4.79 Å². The second-order valence-electron chi connectivity index (χ2n) is 6.37. The van der Waals surface area contributed by atoms with Crippen molar-refractivity contribution >= 4 is 21.6 Å². The molecule has 0 atom stereocenters. The van der Waals surface area contributed by atoms with E-state index in [4.69, 9.17) is 4.74 Å². The number of methoxy groups -OCH3 is 1. The maximum absolute atomic E-state index is 12.9. The van der Waals surface area contributed by atoms with Gasteiger partial charge in [0.2, 0.25) is 10.0 Å². The summed E-state index contributed by atoms with van der Waals surface area (Å²) in [6, 6.07) is 6.94.